The van der Waals surface area contributed by atoms with Gasteiger partial charge in [0, 0.05) is 25.9 Å². The van der Waals surface area contributed by atoms with Crippen molar-refractivity contribution in [3.63, 3.8) is 0 Å². The fraction of sp³-hybridized carbons (Fsp3) is 0.800. The highest BCUT2D eigenvalue weighted by Gasteiger charge is 2.22. The third-order valence-electron chi connectivity index (χ3n) is 3.08. The topological polar surface area (TPSA) is 72.7 Å². The van der Waals surface area contributed by atoms with E-state index in [9.17, 15) is 4.79 Å². The van der Waals surface area contributed by atoms with Crippen LogP contribution in [-0.2, 0) is 18.3 Å². The molecule has 16 heavy (non-hydrogen) atoms. The third-order valence-corrected chi connectivity index (χ3v) is 3.08. The van der Waals surface area contributed by atoms with E-state index < -0.39 is 0 Å². The van der Waals surface area contributed by atoms with E-state index in [4.69, 9.17) is 0 Å². The first kappa shape index (κ1) is 11.0. The van der Waals surface area contributed by atoms with Gasteiger partial charge in [-0.2, -0.15) is 0 Å². The van der Waals surface area contributed by atoms with E-state index in [0.717, 1.165) is 18.7 Å². The van der Waals surface area contributed by atoms with Crippen LogP contribution in [0.4, 0.5) is 0 Å². The highest BCUT2D eigenvalue weighted by Crippen LogP contribution is 2.24. The standard InChI is InChI=1S/C10H17N5O/c1-15-9(12-13-14-15)6-7-11-10(16)8-4-2-3-5-8/h8H,2-7H2,1H3,(H,11,16). The fourth-order valence-corrected chi connectivity index (χ4v) is 2.09. The van der Waals surface area contributed by atoms with E-state index in [1.54, 1.807) is 11.7 Å². The number of carbonyl (C=O) groups excluding carboxylic acids is 1. The summed E-state index contributed by atoms with van der Waals surface area (Å²) in [5, 5.41) is 14.1. The summed E-state index contributed by atoms with van der Waals surface area (Å²) in [6, 6.07) is 0. The molecular weight excluding hydrogens is 206 g/mol. The van der Waals surface area contributed by atoms with Crippen molar-refractivity contribution < 1.29 is 4.79 Å². The Balaban J connectivity index is 1.71. The highest BCUT2D eigenvalue weighted by atomic mass is 16.1. The molecule has 1 aliphatic rings. The second kappa shape index (κ2) is 5.05. The first-order chi connectivity index (χ1) is 7.77. The molecule has 1 aromatic heterocycles. The molecule has 1 aromatic rings. The minimum Gasteiger partial charge on any atom is -0.355 e. The Bertz CT molecular complexity index is 356. The van der Waals surface area contributed by atoms with Crippen LogP contribution in [0, 0.1) is 5.92 Å². The van der Waals surface area contributed by atoms with Gasteiger partial charge >= 0.3 is 0 Å². The monoisotopic (exact) mass is 223 g/mol. The van der Waals surface area contributed by atoms with Crippen LogP contribution in [0.5, 0.6) is 0 Å². The lowest BCUT2D eigenvalue weighted by Gasteiger charge is -2.09. The number of tetrazole rings is 1. The zero-order valence-electron chi connectivity index (χ0n) is 9.52. The van der Waals surface area contributed by atoms with Crippen molar-refractivity contribution in [3.8, 4) is 0 Å². The summed E-state index contributed by atoms with van der Waals surface area (Å²) >= 11 is 0. The Kier molecular flexibility index (Phi) is 3.48. The molecule has 6 nitrogen and oxygen atoms in total. The summed E-state index contributed by atoms with van der Waals surface area (Å²) in [5.74, 6) is 1.22. The van der Waals surface area contributed by atoms with Crippen molar-refractivity contribution in [1.82, 2.24) is 25.5 Å². The van der Waals surface area contributed by atoms with Crippen LogP contribution in [0.15, 0.2) is 0 Å². The molecule has 2 rings (SSSR count). The summed E-state index contributed by atoms with van der Waals surface area (Å²) in [6.45, 7) is 0.615. The minimum absolute atomic E-state index is 0.188. The molecule has 1 heterocycles. The van der Waals surface area contributed by atoms with Crippen molar-refractivity contribution in [3.05, 3.63) is 5.82 Å². The minimum atomic E-state index is 0.188. The molecule has 0 radical (unpaired) electrons. The number of rotatable bonds is 4. The van der Waals surface area contributed by atoms with Gasteiger partial charge in [0.05, 0.1) is 0 Å². The van der Waals surface area contributed by atoms with Gasteiger partial charge in [-0.05, 0) is 23.3 Å². The predicted molar refractivity (Wildman–Crippen MR) is 57.5 cm³/mol. The highest BCUT2D eigenvalue weighted by molar-refractivity contribution is 5.78. The van der Waals surface area contributed by atoms with E-state index in [1.165, 1.54) is 12.8 Å². The van der Waals surface area contributed by atoms with E-state index in [2.05, 4.69) is 20.8 Å². The van der Waals surface area contributed by atoms with Crippen molar-refractivity contribution >= 4 is 5.91 Å². The number of nitrogens with zero attached hydrogens (tertiary/aromatic N) is 4. The quantitative estimate of drug-likeness (QED) is 0.783. The lowest BCUT2D eigenvalue weighted by molar-refractivity contribution is -0.124. The number of amides is 1. The Hall–Kier alpha value is -1.46. The van der Waals surface area contributed by atoms with E-state index in [1.807, 2.05) is 0 Å². The van der Waals surface area contributed by atoms with Crippen molar-refractivity contribution in [2.24, 2.45) is 13.0 Å². The third kappa shape index (κ3) is 2.56. The molecule has 1 aliphatic carbocycles. The summed E-state index contributed by atoms with van der Waals surface area (Å²) in [5.41, 5.74) is 0. The van der Waals surface area contributed by atoms with E-state index >= 15 is 0 Å². The number of aryl methyl sites for hydroxylation is 1. The van der Waals surface area contributed by atoms with E-state index in [-0.39, 0.29) is 11.8 Å². The van der Waals surface area contributed by atoms with Crippen LogP contribution in [0.25, 0.3) is 0 Å². The maximum absolute atomic E-state index is 11.7. The average Bonchev–Trinajstić information content (AvgIpc) is 2.90. The summed E-state index contributed by atoms with van der Waals surface area (Å²) < 4.78 is 1.63. The van der Waals surface area contributed by atoms with Gasteiger partial charge in [0.25, 0.3) is 0 Å². The van der Waals surface area contributed by atoms with E-state index in [0.29, 0.717) is 13.0 Å². The fourth-order valence-electron chi connectivity index (χ4n) is 2.09. The zero-order chi connectivity index (χ0) is 11.4. The smallest absolute Gasteiger partial charge is 0.223 e. The molecule has 88 valence electrons. The summed E-state index contributed by atoms with van der Waals surface area (Å²) in [7, 11) is 1.80. The molecule has 0 aromatic carbocycles. The molecule has 6 heteroatoms. The molecule has 0 atom stereocenters. The second-order valence-corrected chi connectivity index (χ2v) is 4.24. The maximum atomic E-state index is 11.7. The van der Waals surface area contributed by atoms with Crippen LogP contribution >= 0.6 is 0 Å². The van der Waals surface area contributed by atoms with Crippen molar-refractivity contribution in [2.75, 3.05) is 6.54 Å². The Morgan fingerprint density at radius 1 is 1.50 bits per heavy atom. The largest absolute Gasteiger partial charge is 0.355 e. The van der Waals surface area contributed by atoms with Gasteiger partial charge in [0.15, 0.2) is 5.82 Å². The van der Waals surface area contributed by atoms with Gasteiger partial charge in [-0.25, -0.2) is 4.68 Å². The molecular formula is C10H17N5O. The molecule has 1 saturated carbocycles. The Morgan fingerprint density at radius 2 is 2.25 bits per heavy atom. The molecule has 0 unspecified atom stereocenters. The van der Waals surface area contributed by atoms with Gasteiger partial charge in [-0.1, -0.05) is 12.8 Å². The van der Waals surface area contributed by atoms with Gasteiger partial charge in [0.2, 0.25) is 5.91 Å². The summed E-state index contributed by atoms with van der Waals surface area (Å²) in [6.07, 6.45) is 5.13. The maximum Gasteiger partial charge on any atom is 0.223 e. The number of hydrogen-bond donors (Lipinski definition) is 1. The van der Waals surface area contributed by atoms with Gasteiger partial charge in [-0.15, -0.1) is 5.10 Å². The lowest BCUT2D eigenvalue weighted by Crippen LogP contribution is -2.31. The molecule has 1 fully saturated rings. The van der Waals surface area contributed by atoms with Crippen LogP contribution in [0.2, 0.25) is 0 Å². The molecule has 0 bridgehead atoms. The van der Waals surface area contributed by atoms with Crippen LogP contribution in [0.3, 0.4) is 0 Å². The Labute approximate surface area is 94.4 Å². The summed E-state index contributed by atoms with van der Waals surface area (Å²) in [4.78, 5) is 11.7. The molecule has 1 N–H and O–H groups in total. The molecule has 0 saturated heterocycles. The predicted octanol–water partition coefficient (Wildman–Crippen LogP) is 0.0590. The van der Waals surface area contributed by atoms with Crippen LogP contribution in [-0.4, -0.2) is 32.7 Å². The molecule has 1 amide bonds. The first-order valence-corrected chi connectivity index (χ1v) is 5.76. The lowest BCUT2D eigenvalue weighted by atomic mass is 10.1. The number of hydrogen-bond acceptors (Lipinski definition) is 4. The molecule has 0 aliphatic heterocycles. The number of nitrogens with one attached hydrogen (secondary N) is 1. The van der Waals surface area contributed by atoms with Gasteiger partial charge in [-0.3, -0.25) is 4.79 Å². The van der Waals surface area contributed by atoms with Crippen molar-refractivity contribution in [2.45, 2.75) is 32.1 Å². The number of aromatic nitrogens is 4. The van der Waals surface area contributed by atoms with Crippen LogP contribution < -0.4 is 5.32 Å². The SMILES string of the molecule is Cn1nnnc1CCNC(=O)C1CCCC1. The first-order valence-electron chi connectivity index (χ1n) is 5.76. The number of carbonyl (C=O) groups is 1. The normalized spacial score (nSPS) is 16.6. The second-order valence-electron chi connectivity index (χ2n) is 4.24. The molecule has 0 spiro atoms. The van der Waals surface area contributed by atoms with Gasteiger partial charge < -0.3 is 5.32 Å². The Morgan fingerprint density at radius 3 is 2.88 bits per heavy atom. The average molecular weight is 223 g/mol. The van der Waals surface area contributed by atoms with Crippen LogP contribution in [0.1, 0.15) is 31.5 Å². The van der Waals surface area contributed by atoms with Gasteiger partial charge in [0.1, 0.15) is 0 Å². The van der Waals surface area contributed by atoms with Crippen molar-refractivity contribution in [1.29, 1.82) is 0 Å². The zero-order valence-corrected chi connectivity index (χ0v) is 9.52.